The quantitative estimate of drug-likeness (QED) is 0.453. The third kappa shape index (κ3) is 4.73. The smallest absolute Gasteiger partial charge is 0.269 e. The molecule has 6 heteroatoms. The Hall–Kier alpha value is -2.08. The fourth-order valence-corrected chi connectivity index (χ4v) is 2.44. The van der Waals surface area contributed by atoms with Crippen LogP contribution in [-0.4, -0.2) is 23.7 Å². The van der Waals surface area contributed by atoms with Gasteiger partial charge in [-0.3, -0.25) is 10.1 Å². The number of nitrogens with two attached hydrogens (primary N) is 1. The van der Waals surface area contributed by atoms with Crippen LogP contribution >= 0.6 is 0 Å². The number of rotatable bonds is 8. The van der Waals surface area contributed by atoms with Crippen molar-refractivity contribution < 1.29 is 14.4 Å². The minimum atomic E-state index is -0.440. The predicted molar refractivity (Wildman–Crippen MR) is 83.7 cm³/mol. The molecule has 2 rings (SSSR count). The minimum Gasteiger partial charge on any atom is -0.494 e. The van der Waals surface area contributed by atoms with Crippen molar-refractivity contribution in [1.29, 1.82) is 0 Å². The van der Waals surface area contributed by atoms with E-state index in [0.29, 0.717) is 24.5 Å². The summed E-state index contributed by atoms with van der Waals surface area (Å²) in [5.41, 5.74) is 6.07. The summed E-state index contributed by atoms with van der Waals surface area (Å²) in [5, 5.41) is 10.6. The van der Waals surface area contributed by atoms with Crippen LogP contribution in [0.3, 0.4) is 0 Å². The standard InChI is InChI=1S/C16H22N2O4/c1-12(22-15-4-2-3-5-15)16(17)10-11-21-14-8-6-13(7-9-14)18(19)20/h6-9,15-16H,1-5,10-11,17H2/t16-/m0/s1. The molecule has 1 aromatic rings. The second-order valence-corrected chi connectivity index (χ2v) is 5.49. The van der Waals surface area contributed by atoms with Crippen LogP contribution in [0, 0.1) is 10.1 Å². The van der Waals surface area contributed by atoms with Crippen molar-refractivity contribution in [2.24, 2.45) is 5.73 Å². The average Bonchev–Trinajstić information content (AvgIpc) is 3.00. The van der Waals surface area contributed by atoms with Crippen molar-refractivity contribution in [3.05, 3.63) is 46.7 Å². The monoisotopic (exact) mass is 306 g/mol. The van der Waals surface area contributed by atoms with Gasteiger partial charge in [-0.05, 0) is 37.8 Å². The van der Waals surface area contributed by atoms with Crippen LogP contribution in [0.5, 0.6) is 5.75 Å². The third-order valence-electron chi connectivity index (χ3n) is 3.78. The molecule has 0 bridgehead atoms. The minimum absolute atomic E-state index is 0.0439. The summed E-state index contributed by atoms with van der Waals surface area (Å²) < 4.78 is 11.3. The first-order chi connectivity index (χ1) is 10.6. The lowest BCUT2D eigenvalue weighted by Crippen LogP contribution is -2.27. The van der Waals surface area contributed by atoms with Crippen molar-refractivity contribution in [3.63, 3.8) is 0 Å². The van der Waals surface area contributed by atoms with Crippen molar-refractivity contribution in [1.82, 2.24) is 0 Å². The van der Waals surface area contributed by atoms with Gasteiger partial charge in [-0.1, -0.05) is 6.58 Å². The zero-order chi connectivity index (χ0) is 15.9. The van der Waals surface area contributed by atoms with Gasteiger partial charge in [-0.2, -0.15) is 0 Å². The topological polar surface area (TPSA) is 87.6 Å². The molecule has 1 aromatic carbocycles. The highest BCUT2D eigenvalue weighted by molar-refractivity contribution is 5.35. The number of ether oxygens (including phenoxy) is 2. The molecule has 1 aliphatic rings. The van der Waals surface area contributed by atoms with Gasteiger partial charge < -0.3 is 15.2 Å². The molecular formula is C16H22N2O4. The maximum absolute atomic E-state index is 10.6. The molecule has 0 spiro atoms. The van der Waals surface area contributed by atoms with E-state index in [4.69, 9.17) is 15.2 Å². The molecule has 0 saturated heterocycles. The lowest BCUT2D eigenvalue weighted by Gasteiger charge is -2.20. The van der Waals surface area contributed by atoms with Gasteiger partial charge in [0.25, 0.3) is 5.69 Å². The second kappa shape index (κ2) is 7.79. The number of nitrogens with zero attached hydrogens (tertiary/aromatic N) is 1. The SMILES string of the molecule is C=C(OC1CCCC1)[C@@H](N)CCOc1ccc([N+](=O)[O-])cc1. The Bertz CT molecular complexity index is 509. The third-order valence-corrected chi connectivity index (χ3v) is 3.78. The molecule has 0 radical (unpaired) electrons. The maximum atomic E-state index is 10.6. The highest BCUT2D eigenvalue weighted by Crippen LogP contribution is 2.24. The lowest BCUT2D eigenvalue weighted by molar-refractivity contribution is -0.384. The second-order valence-electron chi connectivity index (χ2n) is 5.49. The van der Waals surface area contributed by atoms with Crippen LogP contribution in [0.25, 0.3) is 0 Å². The van der Waals surface area contributed by atoms with Gasteiger partial charge in [0, 0.05) is 18.6 Å². The molecule has 22 heavy (non-hydrogen) atoms. The van der Waals surface area contributed by atoms with E-state index in [0.717, 1.165) is 12.8 Å². The molecule has 1 fully saturated rings. The molecule has 2 N–H and O–H groups in total. The summed E-state index contributed by atoms with van der Waals surface area (Å²) in [6, 6.07) is 5.72. The van der Waals surface area contributed by atoms with E-state index >= 15 is 0 Å². The van der Waals surface area contributed by atoms with Crippen LogP contribution in [0.15, 0.2) is 36.6 Å². The van der Waals surface area contributed by atoms with Crippen LogP contribution in [-0.2, 0) is 4.74 Å². The number of hydrogen-bond acceptors (Lipinski definition) is 5. The van der Waals surface area contributed by atoms with Crippen molar-refractivity contribution in [3.8, 4) is 5.75 Å². The van der Waals surface area contributed by atoms with E-state index in [2.05, 4.69) is 6.58 Å². The summed E-state index contributed by atoms with van der Waals surface area (Å²) in [6.07, 6.45) is 5.40. The van der Waals surface area contributed by atoms with Crippen LogP contribution in [0.2, 0.25) is 0 Å². The Labute approximate surface area is 130 Å². The van der Waals surface area contributed by atoms with Gasteiger partial charge in [0.2, 0.25) is 0 Å². The molecule has 0 aliphatic heterocycles. The molecular weight excluding hydrogens is 284 g/mol. The highest BCUT2D eigenvalue weighted by Gasteiger charge is 2.19. The summed E-state index contributed by atoms with van der Waals surface area (Å²) >= 11 is 0. The van der Waals surface area contributed by atoms with Crippen LogP contribution in [0.1, 0.15) is 32.1 Å². The molecule has 0 heterocycles. The van der Waals surface area contributed by atoms with Gasteiger partial charge in [0.1, 0.15) is 11.5 Å². The van der Waals surface area contributed by atoms with E-state index in [1.165, 1.54) is 25.0 Å². The summed E-state index contributed by atoms with van der Waals surface area (Å²) in [4.78, 5) is 10.1. The van der Waals surface area contributed by atoms with Crippen molar-refractivity contribution >= 4 is 5.69 Å². The Morgan fingerprint density at radius 2 is 2.00 bits per heavy atom. The normalized spacial score (nSPS) is 16.2. The van der Waals surface area contributed by atoms with Crippen LogP contribution < -0.4 is 10.5 Å². The fraction of sp³-hybridized carbons (Fsp3) is 0.500. The first kappa shape index (κ1) is 16.3. The number of non-ortho nitro benzene ring substituents is 1. The van der Waals surface area contributed by atoms with E-state index in [1.807, 2.05) is 0 Å². The van der Waals surface area contributed by atoms with Gasteiger partial charge in [-0.25, -0.2) is 0 Å². The largest absolute Gasteiger partial charge is 0.494 e. The first-order valence-electron chi connectivity index (χ1n) is 7.54. The molecule has 0 aromatic heterocycles. The highest BCUT2D eigenvalue weighted by atomic mass is 16.6. The summed E-state index contributed by atoms with van der Waals surface area (Å²) in [6.45, 7) is 4.31. The van der Waals surface area contributed by atoms with Gasteiger partial charge >= 0.3 is 0 Å². The molecule has 0 unspecified atom stereocenters. The zero-order valence-corrected chi connectivity index (χ0v) is 12.6. The lowest BCUT2D eigenvalue weighted by atomic mass is 10.2. The van der Waals surface area contributed by atoms with E-state index in [1.54, 1.807) is 12.1 Å². The van der Waals surface area contributed by atoms with E-state index in [9.17, 15) is 10.1 Å². The molecule has 6 nitrogen and oxygen atoms in total. The number of hydrogen-bond donors (Lipinski definition) is 1. The Morgan fingerprint density at radius 1 is 1.36 bits per heavy atom. The van der Waals surface area contributed by atoms with Crippen molar-refractivity contribution in [2.75, 3.05) is 6.61 Å². The van der Waals surface area contributed by atoms with Gasteiger partial charge in [0.15, 0.2) is 0 Å². The number of nitro benzene ring substituents is 1. The van der Waals surface area contributed by atoms with E-state index in [-0.39, 0.29) is 17.8 Å². The van der Waals surface area contributed by atoms with Gasteiger partial charge in [0.05, 0.1) is 23.7 Å². The van der Waals surface area contributed by atoms with E-state index < -0.39 is 4.92 Å². The van der Waals surface area contributed by atoms with Crippen LogP contribution in [0.4, 0.5) is 5.69 Å². The summed E-state index contributed by atoms with van der Waals surface area (Å²) in [5.74, 6) is 1.19. The predicted octanol–water partition coefficient (Wildman–Crippen LogP) is 3.16. The Kier molecular flexibility index (Phi) is 5.77. The number of nitro groups is 1. The summed E-state index contributed by atoms with van der Waals surface area (Å²) in [7, 11) is 0. The molecule has 0 amide bonds. The number of benzene rings is 1. The molecule has 1 aliphatic carbocycles. The Morgan fingerprint density at radius 3 is 2.59 bits per heavy atom. The van der Waals surface area contributed by atoms with Crippen molar-refractivity contribution in [2.45, 2.75) is 44.2 Å². The molecule has 1 atom stereocenters. The Balaban J connectivity index is 1.70. The fourth-order valence-electron chi connectivity index (χ4n) is 2.44. The first-order valence-corrected chi connectivity index (χ1v) is 7.54. The average molecular weight is 306 g/mol. The molecule has 1 saturated carbocycles. The maximum Gasteiger partial charge on any atom is 0.269 e. The zero-order valence-electron chi connectivity index (χ0n) is 12.6. The molecule has 120 valence electrons. The van der Waals surface area contributed by atoms with Gasteiger partial charge in [-0.15, -0.1) is 0 Å².